The fourth-order valence-corrected chi connectivity index (χ4v) is 5.51. The first-order valence-electron chi connectivity index (χ1n) is 14.9. The fourth-order valence-electron chi connectivity index (χ4n) is 5.51. The summed E-state index contributed by atoms with van der Waals surface area (Å²) in [6.07, 6.45) is 7.96. The number of esters is 1. The lowest BCUT2D eigenvalue weighted by Gasteiger charge is -2.42. The maximum Gasteiger partial charge on any atom is 0.303 e. The number of rotatable bonds is 12. The Morgan fingerprint density at radius 3 is 2.55 bits per heavy atom. The summed E-state index contributed by atoms with van der Waals surface area (Å²) < 4.78 is 22.6. The first-order chi connectivity index (χ1) is 19.8. The maximum absolute atomic E-state index is 12.4. The minimum atomic E-state index is -1.73. The van der Waals surface area contributed by atoms with Gasteiger partial charge in [-0.05, 0) is 52.0 Å². The number of carbonyl (C=O) groups is 3. The Kier molecular flexibility index (Phi) is 11.9. The van der Waals surface area contributed by atoms with Crippen LogP contribution in [0.3, 0.4) is 0 Å². The van der Waals surface area contributed by atoms with E-state index in [4.69, 9.17) is 18.9 Å². The van der Waals surface area contributed by atoms with Crippen molar-refractivity contribution in [2.75, 3.05) is 13.2 Å². The van der Waals surface area contributed by atoms with Gasteiger partial charge in [-0.15, -0.1) is 0 Å². The van der Waals surface area contributed by atoms with Gasteiger partial charge in [-0.3, -0.25) is 14.4 Å². The summed E-state index contributed by atoms with van der Waals surface area (Å²) in [5.74, 6) is -2.52. The minimum absolute atomic E-state index is 0.0279. The molecule has 236 valence electrons. The molecule has 3 saturated heterocycles. The molecule has 9 atom stereocenters. The molecule has 3 heterocycles. The third kappa shape index (κ3) is 9.74. The van der Waals surface area contributed by atoms with Crippen LogP contribution in [-0.2, 0) is 33.3 Å². The SMILES string of the molecule is CCCNC(=O)C[C@]1(O)CC2(CO2)[C@H](O)C(/C=C/C(C)=C/CC2OC(C)C(NC(=O)/C=C\C(C)OC(C)=O)CC2C)O1. The van der Waals surface area contributed by atoms with Gasteiger partial charge in [-0.25, -0.2) is 0 Å². The van der Waals surface area contributed by atoms with E-state index in [2.05, 4.69) is 17.6 Å². The van der Waals surface area contributed by atoms with Crippen LogP contribution in [0, 0.1) is 5.92 Å². The van der Waals surface area contributed by atoms with Crippen molar-refractivity contribution in [1.29, 1.82) is 0 Å². The topological polar surface area (TPSA) is 156 Å². The summed E-state index contributed by atoms with van der Waals surface area (Å²) in [6.45, 7) is 11.7. The lowest BCUT2D eigenvalue weighted by atomic mass is 9.85. The van der Waals surface area contributed by atoms with Crippen molar-refractivity contribution in [2.24, 2.45) is 5.92 Å². The van der Waals surface area contributed by atoms with E-state index in [1.54, 1.807) is 13.0 Å². The molecule has 0 aromatic rings. The summed E-state index contributed by atoms with van der Waals surface area (Å²) in [4.78, 5) is 35.7. The molecule has 2 amide bonds. The normalized spacial score (nSPS) is 35.8. The maximum atomic E-state index is 12.4. The van der Waals surface area contributed by atoms with Gasteiger partial charge in [0.15, 0.2) is 5.79 Å². The van der Waals surface area contributed by atoms with E-state index < -0.39 is 35.7 Å². The Bertz CT molecular complexity index is 1050. The quantitative estimate of drug-likeness (QED) is 0.115. The van der Waals surface area contributed by atoms with Gasteiger partial charge >= 0.3 is 5.97 Å². The highest BCUT2D eigenvalue weighted by atomic mass is 16.7. The molecule has 11 nitrogen and oxygen atoms in total. The number of ether oxygens (including phenoxy) is 4. The largest absolute Gasteiger partial charge is 0.459 e. The molecule has 42 heavy (non-hydrogen) atoms. The molecule has 4 N–H and O–H groups in total. The van der Waals surface area contributed by atoms with Gasteiger partial charge in [0.05, 0.1) is 31.3 Å². The fraction of sp³-hybridized carbons (Fsp3) is 0.710. The van der Waals surface area contributed by atoms with Crippen LogP contribution in [0.15, 0.2) is 36.0 Å². The van der Waals surface area contributed by atoms with Crippen LogP contribution < -0.4 is 10.6 Å². The molecular weight excluding hydrogens is 544 g/mol. The molecular formula is C31H48N2O9. The zero-order valence-electron chi connectivity index (χ0n) is 25.6. The highest BCUT2D eigenvalue weighted by Gasteiger charge is 2.62. The van der Waals surface area contributed by atoms with Gasteiger partial charge in [-0.2, -0.15) is 0 Å². The first kappa shape index (κ1) is 33.9. The Labute approximate surface area is 248 Å². The number of hydrogen-bond donors (Lipinski definition) is 4. The Morgan fingerprint density at radius 1 is 1.19 bits per heavy atom. The predicted molar refractivity (Wildman–Crippen MR) is 155 cm³/mol. The summed E-state index contributed by atoms with van der Waals surface area (Å²) in [6, 6.07) is -0.146. The number of aliphatic hydroxyl groups excluding tert-OH is 1. The number of amides is 2. The second-order valence-corrected chi connectivity index (χ2v) is 12.0. The molecule has 1 spiro atoms. The van der Waals surface area contributed by atoms with Crippen LogP contribution in [-0.4, -0.2) is 89.1 Å². The summed E-state index contributed by atoms with van der Waals surface area (Å²) in [7, 11) is 0. The van der Waals surface area contributed by atoms with E-state index in [0.29, 0.717) is 19.6 Å². The molecule has 3 aliphatic rings. The van der Waals surface area contributed by atoms with Crippen molar-refractivity contribution in [3.63, 3.8) is 0 Å². The van der Waals surface area contributed by atoms with Gasteiger partial charge in [0.1, 0.15) is 23.9 Å². The lowest BCUT2D eigenvalue weighted by Crippen LogP contribution is -2.57. The van der Waals surface area contributed by atoms with E-state index in [1.807, 2.05) is 32.9 Å². The molecule has 0 radical (unpaired) electrons. The monoisotopic (exact) mass is 592 g/mol. The Morgan fingerprint density at radius 2 is 1.90 bits per heavy atom. The van der Waals surface area contributed by atoms with Gasteiger partial charge in [0, 0.05) is 26.0 Å². The second-order valence-electron chi connectivity index (χ2n) is 12.0. The van der Waals surface area contributed by atoms with Gasteiger partial charge < -0.3 is 39.8 Å². The number of carbonyl (C=O) groups excluding carboxylic acids is 3. The van der Waals surface area contributed by atoms with Crippen LogP contribution in [0.1, 0.15) is 73.6 Å². The number of aliphatic hydroxyl groups is 2. The summed E-state index contributed by atoms with van der Waals surface area (Å²) in [5, 5.41) is 27.7. The number of nitrogens with one attached hydrogen (secondary N) is 2. The van der Waals surface area contributed by atoms with Gasteiger partial charge in [0.2, 0.25) is 11.8 Å². The predicted octanol–water partition coefficient (Wildman–Crippen LogP) is 2.21. The third-order valence-electron chi connectivity index (χ3n) is 7.94. The Balaban J connectivity index is 1.53. The molecule has 3 aliphatic heterocycles. The van der Waals surface area contributed by atoms with Crippen molar-refractivity contribution < 1.29 is 43.5 Å². The van der Waals surface area contributed by atoms with Crippen molar-refractivity contribution in [3.8, 4) is 0 Å². The molecule has 0 aromatic heterocycles. The molecule has 0 aromatic carbocycles. The molecule has 11 heteroatoms. The van der Waals surface area contributed by atoms with Crippen LogP contribution in [0.2, 0.25) is 0 Å². The Hall–Kier alpha value is -2.57. The van der Waals surface area contributed by atoms with E-state index in [-0.39, 0.29) is 48.8 Å². The highest BCUT2D eigenvalue weighted by molar-refractivity contribution is 5.87. The van der Waals surface area contributed by atoms with Crippen LogP contribution >= 0.6 is 0 Å². The molecule has 3 fully saturated rings. The zero-order chi connectivity index (χ0) is 31.1. The zero-order valence-corrected chi connectivity index (χ0v) is 25.6. The minimum Gasteiger partial charge on any atom is -0.459 e. The number of hydrogen-bond acceptors (Lipinski definition) is 9. The lowest BCUT2D eigenvalue weighted by molar-refractivity contribution is -0.282. The van der Waals surface area contributed by atoms with E-state index >= 15 is 0 Å². The molecule has 0 aliphatic carbocycles. The van der Waals surface area contributed by atoms with E-state index in [0.717, 1.165) is 18.4 Å². The van der Waals surface area contributed by atoms with Crippen molar-refractivity contribution in [1.82, 2.24) is 10.6 Å². The van der Waals surface area contributed by atoms with Gasteiger partial charge in [0.25, 0.3) is 0 Å². The number of epoxide rings is 1. The smallest absolute Gasteiger partial charge is 0.303 e. The highest BCUT2D eigenvalue weighted by Crippen LogP contribution is 2.47. The van der Waals surface area contributed by atoms with Crippen molar-refractivity contribution >= 4 is 17.8 Å². The van der Waals surface area contributed by atoms with Gasteiger partial charge in [-0.1, -0.05) is 37.6 Å². The standard InChI is InChI=1S/C31H48N2O9/c1-7-14-32-28(36)16-31(38)17-30(18-39-30)29(37)26(42-31)12-9-19(2)8-11-25-20(3)15-24(22(5)41-25)33-27(35)13-10-21(4)40-23(6)34/h8-10,12-13,20-22,24-26,29,37-38H,7,11,14-18H2,1-6H3,(H,32,36)(H,33,35)/b12-9+,13-10-,19-8+/t20?,21?,22?,24?,25?,26?,29-,30?,31-/m1/s1. The summed E-state index contributed by atoms with van der Waals surface area (Å²) >= 11 is 0. The average Bonchev–Trinajstić information content (AvgIpc) is 3.67. The van der Waals surface area contributed by atoms with Crippen molar-refractivity contribution in [2.45, 2.75) is 122 Å². The summed E-state index contributed by atoms with van der Waals surface area (Å²) in [5.41, 5.74) is 0.0198. The van der Waals surface area contributed by atoms with Crippen LogP contribution in [0.5, 0.6) is 0 Å². The first-order valence-corrected chi connectivity index (χ1v) is 14.9. The van der Waals surface area contributed by atoms with Crippen molar-refractivity contribution in [3.05, 3.63) is 36.0 Å². The number of allylic oxidation sites excluding steroid dienone is 2. The van der Waals surface area contributed by atoms with E-state index in [1.165, 1.54) is 19.1 Å². The molecule has 7 unspecified atom stereocenters. The average molecular weight is 593 g/mol. The molecule has 0 saturated carbocycles. The molecule has 0 bridgehead atoms. The van der Waals surface area contributed by atoms with Crippen LogP contribution in [0.25, 0.3) is 0 Å². The van der Waals surface area contributed by atoms with Crippen LogP contribution in [0.4, 0.5) is 0 Å². The third-order valence-corrected chi connectivity index (χ3v) is 7.94. The molecule has 3 rings (SSSR count). The second kappa shape index (κ2) is 14.7. The van der Waals surface area contributed by atoms with E-state index in [9.17, 15) is 24.6 Å².